The fourth-order valence-corrected chi connectivity index (χ4v) is 1.01. The first kappa shape index (κ1) is 17.9. The summed E-state index contributed by atoms with van der Waals surface area (Å²) in [4.78, 5) is 8.73. The van der Waals surface area contributed by atoms with Gasteiger partial charge in [0.05, 0.1) is 0 Å². The van der Waals surface area contributed by atoms with Crippen molar-refractivity contribution in [3.8, 4) is 0 Å². The smallest absolute Gasteiger partial charge is 0.109 e. The minimum absolute atomic E-state index is 0.125. The summed E-state index contributed by atoms with van der Waals surface area (Å²) < 4.78 is 0. The first-order valence-corrected chi connectivity index (χ1v) is 16.3. The number of hydrogen-bond acceptors (Lipinski definition) is 1. The molecule has 0 aromatic heterocycles. The van der Waals surface area contributed by atoms with Crippen molar-refractivity contribution in [3.05, 3.63) is 24.3 Å². The van der Waals surface area contributed by atoms with Crippen LogP contribution in [0.1, 0.15) is 20.3 Å². The van der Waals surface area contributed by atoms with Crippen LogP contribution in [0.15, 0.2) is 18.2 Å². The van der Waals surface area contributed by atoms with Gasteiger partial charge in [0.1, 0.15) is 0 Å². The molecular weight excluding hydrogens is 507 g/mol. The number of allylic oxidation sites excluding steroid dienone is 4. The van der Waals surface area contributed by atoms with E-state index in [2.05, 4.69) is 39.1 Å². The van der Waals surface area contributed by atoms with Crippen LogP contribution < -0.4 is 0 Å². The maximum absolute atomic E-state index is 8.73. The predicted octanol–water partition coefficient (Wildman–Crippen LogP) is 4.41. The van der Waals surface area contributed by atoms with Gasteiger partial charge in [-0.25, -0.2) is 12.2 Å². The first-order chi connectivity index (χ1) is 6.72. The van der Waals surface area contributed by atoms with Crippen molar-refractivity contribution in [1.82, 2.24) is 0 Å². The van der Waals surface area contributed by atoms with E-state index in [1.54, 1.807) is 0 Å². The molecule has 1 N–H and O–H groups in total. The topological polar surface area (TPSA) is 20.2 Å². The second-order valence-electron chi connectivity index (χ2n) is 2.19. The molecule has 0 fully saturated rings. The van der Waals surface area contributed by atoms with Crippen LogP contribution in [0.4, 0.5) is 0 Å². The second-order valence-corrected chi connectivity index (χ2v) is 14.9. The Morgan fingerprint density at radius 3 is 2.00 bits per heavy atom. The van der Waals surface area contributed by atoms with E-state index in [1.165, 1.54) is 0 Å². The van der Waals surface area contributed by atoms with Crippen molar-refractivity contribution in [3.63, 3.8) is 0 Å². The maximum atomic E-state index is 8.73. The van der Waals surface area contributed by atoms with Crippen molar-refractivity contribution in [2.45, 2.75) is 20.3 Å². The molecule has 0 spiro atoms. The molecule has 0 radical (unpaired) electrons. The Morgan fingerprint density at radius 2 is 1.93 bits per heavy atom. The summed E-state index contributed by atoms with van der Waals surface area (Å²) in [5, 5.41) is 0. The van der Waals surface area contributed by atoms with Gasteiger partial charge in [0.2, 0.25) is 0 Å². The summed E-state index contributed by atoms with van der Waals surface area (Å²) in [5.74, 6) is 0. The minimum Gasteiger partial charge on any atom is -0.273 e. The Labute approximate surface area is 110 Å². The van der Waals surface area contributed by atoms with Gasteiger partial charge >= 0.3 is 40.7 Å². The Morgan fingerprint density at radius 1 is 1.43 bits per heavy atom. The van der Waals surface area contributed by atoms with Crippen LogP contribution in [0.2, 0.25) is 0 Å². The van der Waals surface area contributed by atoms with E-state index >= 15 is 0 Å². The van der Waals surface area contributed by atoms with Crippen LogP contribution in [0.3, 0.4) is 0 Å². The molecule has 1 rings (SSSR count). The summed E-state index contributed by atoms with van der Waals surface area (Å²) in [6, 6.07) is 0. The molecule has 0 saturated heterocycles. The Balaban J connectivity index is 0. The van der Waals surface area contributed by atoms with Crippen LogP contribution >= 0.6 is 35.1 Å². The van der Waals surface area contributed by atoms with Crippen LogP contribution in [0.25, 0.3) is 0 Å². The van der Waals surface area contributed by atoms with Gasteiger partial charge < -0.3 is 4.89 Å². The van der Waals surface area contributed by atoms with Gasteiger partial charge in [-0.2, -0.15) is 6.08 Å². The molecule has 0 atom stereocenters. The van der Waals surface area contributed by atoms with Crippen LogP contribution in [0, 0.1) is 6.08 Å². The normalized spacial score (nSPS) is 12.1. The molecule has 86 valence electrons. The molecule has 1 aliphatic carbocycles. The van der Waals surface area contributed by atoms with Crippen LogP contribution in [-0.2, 0) is 13.7 Å². The van der Waals surface area contributed by atoms with E-state index in [-0.39, 0.29) is 13.7 Å². The van der Waals surface area contributed by atoms with Gasteiger partial charge in [0.25, 0.3) is 0 Å². The summed E-state index contributed by atoms with van der Waals surface area (Å²) in [7, 11) is -0.576. The second kappa shape index (κ2) is 16.9. The fourth-order valence-electron chi connectivity index (χ4n) is 0.564. The number of rotatable bonds is 2. The third-order valence-electron chi connectivity index (χ3n) is 1.32. The molecule has 0 amide bonds. The van der Waals surface area contributed by atoms with Gasteiger partial charge in [-0.15, -0.1) is 6.42 Å². The summed E-state index contributed by atoms with van der Waals surface area (Å²) >= 11 is 6.50. The molecule has 14 heavy (non-hydrogen) atoms. The number of hydrogen-bond donors (Lipinski definition) is 1. The molecule has 0 heterocycles. The SMILES string of the molecule is CCP(O)CC.[Br][Ir+][Br].[C-]1=CC=CC1. The van der Waals surface area contributed by atoms with Gasteiger partial charge in [-0.05, 0) is 12.3 Å². The van der Waals surface area contributed by atoms with Crippen molar-refractivity contribution < 1.29 is 18.6 Å². The Hall–Kier alpha value is 1.48. The standard InChI is InChI=1S/C5H5.C4H11OP.2BrH.Ir/c1-2-4-5-3-1;1-3-6(5)4-2;;;/h1-3H,4H2;5H,3-4H2,1-2H3;2*1H;/q-1;;;;+3/p-2. The van der Waals surface area contributed by atoms with Crippen molar-refractivity contribution in [2.24, 2.45) is 0 Å². The van der Waals surface area contributed by atoms with E-state index in [9.17, 15) is 0 Å². The van der Waals surface area contributed by atoms with Crippen molar-refractivity contribution in [2.75, 3.05) is 12.3 Å². The predicted molar refractivity (Wildman–Crippen MR) is 69.6 cm³/mol. The van der Waals surface area contributed by atoms with E-state index in [4.69, 9.17) is 4.89 Å². The molecule has 0 aromatic carbocycles. The van der Waals surface area contributed by atoms with Crippen LogP contribution in [0.5, 0.6) is 0 Å². The summed E-state index contributed by atoms with van der Waals surface area (Å²) in [6.45, 7) is 4.02. The quantitative estimate of drug-likeness (QED) is 0.421. The zero-order chi connectivity index (χ0) is 11.2. The van der Waals surface area contributed by atoms with E-state index in [1.807, 2.05) is 26.0 Å². The van der Waals surface area contributed by atoms with Crippen molar-refractivity contribution in [1.29, 1.82) is 0 Å². The largest absolute Gasteiger partial charge is 0.273 e. The third-order valence-corrected chi connectivity index (χ3v) is 2.78. The molecule has 0 aromatic rings. The van der Waals surface area contributed by atoms with Gasteiger partial charge in [0, 0.05) is 8.15 Å². The van der Waals surface area contributed by atoms with Crippen LogP contribution in [-0.4, -0.2) is 17.2 Å². The zero-order valence-electron chi connectivity index (χ0n) is 8.34. The van der Waals surface area contributed by atoms with Gasteiger partial charge in [0.15, 0.2) is 0 Å². The van der Waals surface area contributed by atoms with Gasteiger partial charge in [-0.3, -0.25) is 6.08 Å². The summed E-state index contributed by atoms with van der Waals surface area (Å²) in [5.41, 5.74) is 0. The molecule has 0 saturated carbocycles. The third kappa shape index (κ3) is 19.1. The summed E-state index contributed by atoms with van der Waals surface area (Å²) in [6.07, 6.45) is 11.9. The molecule has 0 unspecified atom stereocenters. The van der Waals surface area contributed by atoms with Crippen molar-refractivity contribution >= 4 is 35.1 Å². The van der Waals surface area contributed by atoms with Gasteiger partial charge in [-0.1, -0.05) is 13.8 Å². The molecule has 1 nitrogen and oxygen atoms in total. The molecule has 0 bridgehead atoms. The average Bonchev–Trinajstić information content (AvgIpc) is 2.76. The van der Waals surface area contributed by atoms with E-state index in [0.29, 0.717) is 0 Å². The molecule has 5 heteroatoms. The molecular formula is C9H16Br2IrOP. The Bertz CT molecular complexity index is 140. The van der Waals surface area contributed by atoms with E-state index < -0.39 is 8.15 Å². The molecule has 0 aliphatic heterocycles. The maximum Gasteiger partial charge on any atom is -0.109 e. The molecule has 1 aliphatic rings. The Kier molecular flexibility index (Phi) is 21.6. The van der Waals surface area contributed by atoms with E-state index in [0.717, 1.165) is 18.7 Å². The zero-order valence-corrected chi connectivity index (χ0v) is 14.8. The average molecular weight is 523 g/mol. The monoisotopic (exact) mass is 522 g/mol. The number of halogens is 2. The minimum atomic E-state index is -0.576. The first-order valence-electron chi connectivity index (χ1n) is 4.22. The fraction of sp³-hybridized carbons (Fsp3) is 0.556.